The van der Waals surface area contributed by atoms with E-state index in [-0.39, 0.29) is 5.41 Å². The third-order valence-electron chi connectivity index (χ3n) is 6.23. The molecule has 0 amide bonds. The van der Waals surface area contributed by atoms with Crippen LogP contribution in [-0.2, 0) is 5.41 Å². The first-order chi connectivity index (χ1) is 12.1. The van der Waals surface area contributed by atoms with Gasteiger partial charge in [-0.1, -0.05) is 76.3 Å². The van der Waals surface area contributed by atoms with Crippen LogP contribution in [0.15, 0.2) is 30.3 Å². The van der Waals surface area contributed by atoms with Crippen LogP contribution in [0, 0.1) is 23.2 Å². The van der Waals surface area contributed by atoms with Crippen molar-refractivity contribution in [2.45, 2.75) is 70.6 Å². The summed E-state index contributed by atoms with van der Waals surface area (Å²) in [6, 6.07) is 13.1. The maximum atomic E-state index is 9.98. The molecule has 1 saturated carbocycles. The molecule has 2 heteroatoms. The molecule has 1 atom stereocenters. The van der Waals surface area contributed by atoms with E-state index >= 15 is 0 Å². The summed E-state index contributed by atoms with van der Waals surface area (Å²) >= 11 is 0. The van der Waals surface area contributed by atoms with E-state index in [1.807, 2.05) is 6.07 Å². The maximum Gasteiger partial charge on any atom is 0.0845 e. The van der Waals surface area contributed by atoms with Crippen molar-refractivity contribution in [1.29, 1.82) is 5.26 Å². The van der Waals surface area contributed by atoms with Crippen LogP contribution < -0.4 is 0 Å². The van der Waals surface area contributed by atoms with Crippen molar-refractivity contribution in [2.75, 3.05) is 20.1 Å². The van der Waals surface area contributed by atoms with E-state index in [1.165, 1.54) is 50.6 Å². The highest BCUT2D eigenvalue weighted by Crippen LogP contribution is 2.36. The Bertz CT molecular complexity index is 525. The largest absolute Gasteiger partial charge is 0.306 e. The zero-order valence-electron chi connectivity index (χ0n) is 16.5. The first-order valence-corrected chi connectivity index (χ1v) is 10.2. The SMILES string of the molecule is CC(C)C(C#N)(CCCN(C)CCC1CCCCC1)c1ccccc1. The van der Waals surface area contributed by atoms with E-state index in [4.69, 9.17) is 0 Å². The van der Waals surface area contributed by atoms with Crippen molar-refractivity contribution in [3.63, 3.8) is 0 Å². The second-order valence-electron chi connectivity index (χ2n) is 8.30. The molecule has 0 spiro atoms. The van der Waals surface area contributed by atoms with Crippen molar-refractivity contribution >= 4 is 0 Å². The van der Waals surface area contributed by atoms with Gasteiger partial charge in [0.15, 0.2) is 0 Å². The van der Waals surface area contributed by atoms with Gasteiger partial charge in [0, 0.05) is 0 Å². The lowest BCUT2D eigenvalue weighted by Gasteiger charge is -2.32. The summed E-state index contributed by atoms with van der Waals surface area (Å²) in [6.45, 7) is 6.67. The summed E-state index contributed by atoms with van der Waals surface area (Å²) in [7, 11) is 2.24. The number of benzene rings is 1. The van der Waals surface area contributed by atoms with Gasteiger partial charge in [-0.3, -0.25) is 0 Å². The highest BCUT2D eigenvalue weighted by Gasteiger charge is 2.35. The standard InChI is InChI=1S/C23H36N2/c1-20(2)23(19-24,22-13-8-5-9-14-22)16-10-17-25(3)18-15-21-11-6-4-7-12-21/h5,8-9,13-14,20-21H,4,6-7,10-12,15-18H2,1-3H3. The van der Waals surface area contributed by atoms with Crippen LogP contribution in [0.2, 0.25) is 0 Å². The second-order valence-corrected chi connectivity index (χ2v) is 8.30. The van der Waals surface area contributed by atoms with E-state index in [9.17, 15) is 5.26 Å². The molecule has 0 radical (unpaired) electrons. The molecule has 1 aromatic carbocycles. The zero-order chi connectivity index (χ0) is 18.1. The molecule has 138 valence electrons. The van der Waals surface area contributed by atoms with E-state index in [2.05, 4.69) is 56.1 Å². The van der Waals surface area contributed by atoms with Gasteiger partial charge in [-0.15, -0.1) is 0 Å². The van der Waals surface area contributed by atoms with Gasteiger partial charge in [-0.25, -0.2) is 0 Å². The Labute approximate surface area is 155 Å². The molecule has 1 unspecified atom stereocenters. The Morgan fingerprint density at radius 1 is 1.12 bits per heavy atom. The minimum absolute atomic E-state index is 0.326. The topological polar surface area (TPSA) is 27.0 Å². The van der Waals surface area contributed by atoms with Gasteiger partial charge in [-0.2, -0.15) is 5.26 Å². The van der Waals surface area contributed by atoms with Crippen LogP contribution in [-0.4, -0.2) is 25.0 Å². The van der Waals surface area contributed by atoms with Gasteiger partial charge in [-0.05, 0) is 56.8 Å². The molecule has 1 aromatic rings. The molecule has 0 aromatic heterocycles. The van der Waals surface area contributed by atoms with Crippen LogP contribution >= 0.6 is 0 Å². The molecule has 0 N–H and O–H groups in total. The second kappa shape index (κ2) is 9.97. The molecule has 1 aliphatic carbocycles. The maximum absolute atomic E-state index is 9.98. The van der Waals surface area contributed by atoms with Crippen molar-refractivity contribution in [2.24, 2.45) is 11.8 Å². The highest BCUT2D eigenvalue weighted by molar-refractivity contribution is 5.33. The number of nitriles is 1. The normalized spacial score (nSPS) is 18.2. The quantitative estimate of drug-likeness (QED) is 0.569. The van der Waals surface area contributed by atoms with Crippen LogP contribution in [0.3, 0.4) is 0 Å². The Kier molecular flexibility index (Phi) is 7.97. The molecule has 2 nitrogen and oxygen atoms in total. The van der Waals surface area contributed by atoms with Gasteiger partial charge in [0.05, 0.1) is 11.5 Å². The molecule has 1 aliphatic rings. The average Bonchev–Trinajstić information content (AvgIpc) is 2.65. The number of nitrogens with zero attached hydrogens (tertiary/aromatic N) is 2. The molecule has 0 saturated heterocycles. The van der Waals surface area contributed by atoms with E-state index < -0.39 is 0 Å². The molecule has 0 heterocycles. The summed E-state index contributed by atoms with van der Waals surface area (Å²) in [5.41, 5.74) is 0.822. The Hall–Kier alpha value is -1.33. The fourth-order valence-corrected chi connectivity index (χ4v) is 4.37. The number of hydrogen-bond donors (Lipinski definition) is 0. The molecular formula is C23H36N2. The Morgan fingerprint density at radius 3 is 2.40 bits per heavy atom. The molecule has 0 aliphatic heterocycles. The van der Waals surface area contributed by atoms with E-state index in [1.54, 1.807) is 0 Å². The summed E-state index contributed by atoms with van der Waals surface area (Å²) in [5, 5.41) is 9.98. The lowest BCUT2D eigenvalue weighted by atomic mass is 9.70. The van der Waals surface area contributed by atoms with E-state index in [0.717, 1.165) is 25.3 Å². The van der Waals surface area contributed by atoms with Gasteiger partial charge in [0.2, 0.25) is 0 Å². The van der Waals surface area contributed by atoms with Crippen LogP contribution in [0.4, 0.5) is 0 Å². The molecule has 1 fully saturated rings. The van der Waals surface area contributed by atoms with Gasteiger partial charge < -0.3 is 4.90 Å². The van der Waals surface area contributed by atoms with Crippen LogP contribution in [0.5, 0.6) is 0 Å². The van der Waals surface area contributed by atoms with Gasteiger partial charge in [0.25, 0.3) is 0 Å². The Morgan fingerprint density at radius 2 is 1.80 bits per heavy atom. The summed E-state index contributed by atoms with van der Waals surface area (Å²) in [6.07, 6.45) is 10.6. The van der Waals surface area contributed by atoms with Crippen molar-refractivity contribution in [3.05, 3.63) is 35.9 Å². The molecular weight excluding hydrogens is 304 g/mol. The predicted molar refractivity (Wildman–Crippen MR) is 106 cm³/mol. The molecule has 25 heavy (non-hydrogen) atoms. The van der Waals surface area contributed by atoms with Crippen molar-refractivity contribution in [1.82, 2.24) is 4.90 Å². The van der Waals surface area contributed by atoms with Gasteiger partial charge >= 0.3 is 0 Å². The average molecular weight is 341 g/mol. The van der Waals surface area contributed by atoms with Crippen LogP contribution in [0.1, 0.15) is 70.8 Å². The summed E-state index contributed by atoms with van der Waals surface area (Å²) in [4.78, 5) is 2.47. The highest BCUT2D eigenvalue weighted by atomic mass is 15.1. The summed E-state index contributed by atoms with van der Waals surface area (Å²) in [5.74, 6) is 1.28. The van der Waals surface area contributed by atoms with Crippen LogP contribution in [0.25, 0.3) is 0 Å². The minimum Gasteiger partial charge on any atom is -0.306 e. The van der Waals surface area contributed by atoms with Crippen molar-refractivity contribution < 1.29 is 0 Å². The van der Waals surface area contributed by atoms with Gasteiger partial charge in [0.1, 0.15) is 0 Å². The summed E-state index contributed by atoms with van der Waals surface area (Å²) < 4.78 is 0. The smallest absolute Gasteiger partial charge is 0.0845 e. The monoisotopic (exact) mass is 340 g/mol. The molecule has 0 bridgehead atoms. The first kappa shape index (κ1) is 20.0. The first-order valence-electron chi connectivity index (χ1n) is 10.2. The third-order valence-corrected chi connectivity index (χ3v) is 6.23. The molecule has 2 rings (SSSR count). The zero-order valence-corrected chi connectivity index (χ0v) is 16.5. The fourth-order valence-electron chi connectivity index (χ4n) is 4.37. The fraction of sp³-hybridized carbons (Fsp3) is 0.696. The lowest BCUT2D eigenvalue weighted by molar-refractivity contribution is 0.251. The number of hydrogen-bond acceptors (Lipinski definition) is 2. The number of rotatable bonds is 9. The Balaban J connectivity index is 1.83. The van der Waals surface area contributed by atoms with E-state index in [0.29, 0.717) is 5.92 Å². The third kappa shape index (κ3) is 5.58. The lowest BCUT2D eigenvalue weighted by Crippen LogP contribution is -2.32. The van der Waals surface area contributed by atoms with Crippen molar-refractivity contribution in [3.8, 4) is 6.07 Å². The minimum atomic E-state index is -0.356. The predicted octanol–water partition coefficient (Wildman–Crippen LogP) is 5.79.